The monoisotopic (exact) mass is 321 g/mol. The van der Waals surface area contributed by atoms with Crippen molar-refractivity contribution >= 4 is 17.7 Å². The lowest BCUT2D eigenvalue weighted by atomic mass is 10.2. The first-order valence-electron chi connectivity index (χ1n) is 5.43. The summed E-state index contributed by atoms with van der Waals surface area (Å²) >= 11 is 0.612. The molecule has 0 amide bonds. The number of benzene rings is 1. The third-order valence-electron chi connectivity index (χ3n) is 2.43. The maximum Gasteiger partial charge on any atom is 0.313 e. The molecule has 1 aromatic heterocycles. The number of rotatable bonds is 4. The molecule has 21 heavy (non-hydrogen) atoms. The number of hydrogen-bond acceptors (Lipinski definition) is 4. The Hall–Kier alpha value is -2.10. The predicted molar refractivity (Wildman–Crippen MR) is 64.3 cm³/mol. The van der Waals surface area contributed by atoms with E-state index in [4.69, 9.17) is 5.11 Å². The first-order chi connectivity index (χ1) is 9.82. The van der Waals surface area contributed by atoms with E-state index >= 15 is 0 Å². The van der Waals surface area contributed by atoms with Crippen molar-refractivity contribution < 1.29 is 27.5 Å². The van der Waals surface area contributed by atoms with Crippen molar-refractivity contribution in [2.45, 2.75) is 12.1 Å². The molecule has 0 aliphatic carbocycles. The quantitative estimate of drug-likeness (QED) is 0.532. The Balaban J connectivity index is 2.62. The second-order valence-electron chi connectivity index (χ2n) is 3.86. The standard InChI is InChI=1S/C11H7F4N3O2S/c1-4-16-17-11(21-3-7(19)20)18(4)10-8(14)5(12)2-6(13)9(10)15/h2H,3H2,1H3,(H,19,20). The number of nitrogens with zero attached hydrogens (tertiary/aromatic N) is 3. The summed E-state index contributed by atoms with van der Waals surface area (Å²) < 4.78 is 54.8. The maximum atomic E-state index is 13.8. The number of aromatic nitrogens is 3. The van der Waals surface area contributed by atoms with E-state index < -0.39 is 40.7 Å². The number of carboxylic acid groups (broad SMARTS) is 1. The molecule has 5 nitrogen and oxygen atoms in total. The van der Waals surface area contributed by atoms with E-state index in [1.54, 1.807) is 0 Å². The van der Waals surface area contributed by atoms with Gasteiger partial charge < -0.3 is 5.11 Å². The summed E-state index contributed by atoms with van der Waals surface area (Å²) in [6, 6.07) is 0.0813. The third-order valence-corrected chi connectivity index (χ3v) is 3.35. The van der Waals surface area contributed by atoms with Crippen molar-refractivity contribution in [2.75, 3.05) is 5.75 Å². The van der Waals surface area contributed by atoms with E-state index in [1.807, 2.05) is 0 Å². The zero-order valence-electron chi connectivity index (χ0n) is 10.4. The van der Waals surface area contributed by atoms with Crippen molar-refractivity contribution in [3.05, 3.63) is 35.2 Å². The molecule has 1 heterocycles. The first-order valence-corrected chi connectivity index (χ1v) is 6.41. The minimum absolute atomic E-state index is 0.0503. The van der Waals surface area contributed by atoms with Crippen LogP contribution in [0.1, 0.15) is 5.82 Å². The zero-order chi connectivity index (χ0) is 15.7. The van der Waals surface area contributed by atoms with Gasteiger partial charge in [0.1, 0.15) is 11.5 Å². The largest absolute Gasteiger partial charge is 0.481 e. The zero-order valence-corrected chi connectivity index (χ0v) is 11.2. The van der Waals surface area contributed by atoms with E-state index in [1.165, 1.54) is 6.92 Å². The van der Waals surface area contributed by atoms with Gasteiger partial charge >= 0.3 is 5.97 Å². The predicted octanol–water partition coefficient (Wildman–Crippen LogP) is 2.31. The molecule has 0 aliphatic heterocycles. The summed E-state index contributed by atoms with van der Waals surface area (Å²) in [5.41, 5.74) is -1.03. The number of carbonyl (C=O) groups is 1. The topological polar surface area (TPSA) is 68.0 Å². The highest BCUT2D eigenvalue weighted by Gasteiger charge is 2.25. The van der Waals surface area contributed by atoms with E-state index in [2.05, 4.69) is 10.2 Å². The van der Waals surface area contributed by atoms with Crippen LogP contribution >= 0.6 is 11.8 Å². The third kappa shape index (κ3) is 2.84. The Kier molecular flexibility index (Phi) is 4.16. The van der Waals surface area contributed by atoms with Crippen LogP contribution in [0.3, 0.4) is 0 Å². The molecule has 0 fully saturated rings. The maximum absolute atomic E-state index is 13.8. The van der Waals surface area contributed by atoms with Gasteiger partial charge in [0.2, 0.25) is 0 Å². The van der Waals surface area contributed by atoms with Crippen LogP contribution in [0.5, 0.6) is 0 Å². The fraction of sp³-hybridized carbons (Fsp3) is 0.182. The van der Waals surface area contributed by atoms with Gasteiger partial charge in [-0.1, -0.05) is 11.8 Å². The van der Waals surface area contributed by atoms with Gasteiger partial charge in [0.05, 0.1) is 5.75 Å². The first kappa shape index (κ1) is 15.3. The van der Waals surface area contributed by atoms with Crippen LogP contribution in [0, 0.1) is 30.2 Å². The van der Waals surface area contributed by atoms with E-state index in [9.17, 15) is 22.4 Å². The summed E-state index contributed by atoms with van der Waals surface area (Å²) in [7, 11) is 0. The number of aryl methyl sites for hydroxylation is 1. The van der Waals surface area contributed by atoms with Crippen LogP contribution in [0.15, 0.2) is 11.2 Å². The molecule has 2 rings (SSSR count). The van der Waals surface area contributed by atoms with Crippen LogP contribution in [-0.4, -0.2) is 31.6 Å². The molecule has 0 radical (unpaired) electrons. The Morgan fingerprint density at radius 3 is 2.33 bits per heavy atom. The van der Waals surface area contributed by atoms with Crippen molar-refractivity contribution in [1.29, 1.82) is 0 Å². The fourth-order valence-corrected chi connectivity index (χ4v) is 2.28. The van der Waals surface area contributed by atoms with Gasteiger partial charge in [-0.25, -0.2) is 17.6 Å². The van der Waals surface area contributed by atoms with Gasteiger partial charge in [-0.3, -0.25) is 9.36 Å². The lowest BCUT2D eigenvalue weighted by Gasteiger charge is -2.11. The second kappa shape index (κ2) is 5.72. The van der Waals surface area contributed by atoms with Crippen molar-refractivity contribution in [3.8, 4) is 5.69 Å². The van der Waals surface area contributed by atoms with Crippen LogP contribution in [0.2, 0.25) is 0 Å². The molecule has 10 heteroatoms. The molecule has 2 aromatic rings. The second-order valence-corrected chi connectivity index (χ2v) is 4.81. The van der Waals surface area contributed by atoms with Gasteiger partial charge in [0, 0.05) is 6.07 Å². The van der Waals surface area contributed by atoms with Crippen molar-refractivity contribution in [1.82, 2.24) is 14.8 Å². The molecule has 0 atom stereocenters. The smallest absolute Gasteiger partial charge is 0.313 e. The number of thioether (sulfide) groups is 1. The van der Waals surface area contributed by atoms with Gasteiger partial charge in [-0.05, 0) is 6.92 Å². The summed E-state index contributed by atoms with van der Waals surface area (Å²) in [6.07, 6.45) is 0. The van der Waals surface area contributed by atoms with Crippen molar-refractivity contribution in [3.63, 3.8) is 0 Å². The number of aliphatic carboxylic acids is 1. The fourth-order valence-electron chi connectivity index (χ4n) is 1.58. The van der Waals surface area contributed by atoms with E-state index in [-0.39, 0.29) is 17.0 Å². The Bertz CT molecular complexity index is 694. The normalized spacial score (nSPS) is 10.9. The molecule has 0 bridgehead atoms. The van der Waals surface area contributed by atoms with Crippen LogP contribution in [-0.2, 0) is 4.79 Å². The molecule has 0 spiro atoms. The molecular formula is C11H7F4N3O2S. The Morgan fingerprint density at radius 2 is 1.81 bits per heavy atom. The van der Waals surface area contributed by atoms with Crippen LogP contribution in [0.25, 0.3) is 5.69 Å². The van der Waals surface area contributed by atoms with Gasteiger partial charge in [0.15, 0.2) is 28.4 Å². The lowest BCUT2D eigenvalue weighted by Crippen LogP contribution is -2.10. The van der Waals surface area contributed by atoms with Crippen LogP contribution < -0.4 is 0 Å². The minimum Gasteiger partial charge on any atom is -0.481 e. The molecule has 0 saturated carbocycles. The Morgan fingerprint density at radius 1 is 1.24 bits per heavy atom. The minimum atomic E-state index is -1.62. The number of carboxylic acids is 1. The number of halogens is 4. The van der Waals surface area contributed by atoms with Gasteiger partial charge in [-0.15, -0.1) is 10.2 Å². The average molecular weight is 321 g/mol. The highest BCUT2D eigenvalue weighted by molar-refractivity contribution is 7.99. The summed E-state index contributed by atoms with van der Waals surface area (Å²) in [5.74, 6) is -8.09. The molecule has 112 valence electrons. The number of hydrogen-bond donors (Lipinski definition) is 1. The van der Waals surface area contributed by atoms with Crippen molar-refractivity contribution in [2.24, 2.45) is 0 Å². The lowest BCUT2D eigenvalue weighted by molar-refractivity contribution is -0.133. The summed E-state index contributed by atoms with van der Waals surface area (Å²) in [5, 5.41) is 15.5. The Labute approximate surface area is 119 Å². The van der Waals surface area contributed by atoms with E-state index in [0.717, 1.165) is 4.57 Å². The highest BCUT2D eigenvalue weighted by atomic mass is 32.2. The summed E-state index contributed by atoms with van der Waals surface area (Å²) in [6.45, 7) is 1.31. The molecule has 1 N–H and O–H groups in total. The van der Waals surface area contributed by atoms with Gasteiger partial charge in [0.25, 0.3) is 0 Å². The van der Waals surface area contributed by atoms with E-state index in [0.29, 0.717) is 11.8 Å². The molecular weight excluding hydrogens is 314 g/mol. The average Bonchev–Trinajstić information content (AvgIpc) is 2.76. The molecule has 0 unspecified atom stereocenters. The SMILES string of the molecule is Cc1nnc(SCC(=O)O)n1-c1c(F)c(F)cc(F)c1F. The highest BCUT2D eigenvalue weighted by Crippen LogP contribution is 2.28. The van der Waals surface area contributed by atoms with Gasteiger partial charge in [-0.2, -0.15) is 0 Å². The molecule has 0 saturated heterocycles. The summed E-state index contributed by atoms with van der Waals surface area (Å²) in [4.78, 5) is 10.5. The molecule has 1 aromatic carbocycles. The van der Waals surface area contributed by atoms with Crippen LogP contribution in [0.4, 0.5) is 17.6 Å². The molecule has 0 aliphatic rings.